The largest absolute Gasteiger partial charge is 0.444 e. The minimum Gasteiger partial charge on any atom is -0.444 e. The minimum atomic E-state index is -0.425. The average molecular weight is 509 g/mol. The van der Waals surface area contributed by atoms with Gasteiger partial charge in [-0.1, -0.05) is 25.0 Å². The van der Waals surface area contributed by atoms with Crippen LogP contribution in [0.2, 0.25) is 0 Å². The average Bonchev–Trinajstić information content (AvgIpc) is 3.55. The highest BCUT2D eigenvalue weighted by molar-refractivity contribution is 5.75. The van der Waals surface area contributed by atoms with Crippen molar-refractivity contribution in [1.82, 2.24) is 10.2 Å². The number of nitrogens with zero attached hydrogens (tertiary/aromatic N) is 1. The van der Waals surface area contributed by atoms with Gasteiger partial charge in [0.05, 0.1) is 13.2 Å². The van der Waals surface area contributed by atoms with Crippen molar-refractivity contribution in [3.8, 4) is 0 Å². The smallest absolute Gasteiger partial charge is 0.410 e. The van der Waals surface area contributed by atoms with E-state index in [0.717, 1.165) is 57.5 Å². The van der Waals surface area contributed by atoms with Gasteiger partial charge in [-0.2, -0.15) is 0 Å². The van der Waals surface area contributed by atoms with Gasteiger partial charge in [-0.15, -0.1) is 0 Å². The Morgan fingerprint density at radius 2 is 1.86 bits per heavy atom. The van der Waals surface area contributed by atoms with Crippen molar-refractivity contribution in [2.45, 2.75) is 110 Å². The lowest BCUT2D eigenvalue weighted by Gasteiger charge is -2.24. The minimum absolute atomic E-state index is 0.197. The monoisotopic (exact) mass is 508 g/mol. The second-order valence-electron chi connectivity index (χ2n) is 11.8. The number of hydrogen-bond donors (Lipinski definition) is 1. The summed E-state index contributed by atoms with van der Waals surface area (Å²) in [6.07, 6.45) is 15.4. The predicted molar refractivity (Wildman–Crippen MR) is 144 cm³/mol. The zero-order chi connectivity index (χ0) is 26.4. The van der Waals surface area contributed by atoms with E-state index in [0.29, 0.717) is 24.9 Å². The van der Waals surface area contributed by atoms with E-state index in [9.17, 15) is 9.59 Å². The maximum absolute atomic E-state index is 12.0. The number of ether oxygens (including phenoxy) is 3. The first-order chi connectivity index (χ1) is 17.1. The van der Waals surface area contributed by atoms with E-state index in [-0.39, 0.29) is 11.9 Å². The van der Waals surface area contributed by atoms with Gasteiger partial charge in [0.2, 0.25) is 0 Å². The molecule has 0 aromatic rings. The molecule has 0 spiro atoms. The first-order valence-corrected chi connectivity index (χ1v) is 14.2. The van der Waals surface area contributed by atoms with Crippen LogP contribution in [0.4, 0.5) is 4.79 Å². The van der Waals surface area contributed by atoms with Gasteiger partial charge in [-0.05, 0) is 98.1 Å². The Kier molecular flexibility index (Phi) is 13.4. The zero-order valence-corrected chi connectivity index (χ0v) is 23.6. The molecule has 0 unspecified atom stereocenters. The van der Waals surface area contributed by atoms with Crippen LogP contribution in [0, 0.1) is 11.8 Å². The SMILES string of the molecule is CC(=O)CCCCC[C@@H]1CCNC1.CC(C)(C)OC(=O)N1CC[C@@H](/C=C/CCCC2(C)OCCO2)C1. The van der Waals surface area contributed by atoms with Crippen LogP contribution in [0.1, 0.15) is 98.8 Å². The molecule has 7 heteroatoms. The van der Waals surface area contributed by atoms with Gasteiger partial charge in [0, 0.05) is 25.9 Å². The third kappa shape index (κ3) is 13.2. The van der Waals surface area contributed by atoms with Crippen molar-refractivity contribution in [1.29, 1.82) is 0 Å². The molecule has 3 rings (SSSR count). The Hall–Kier alpha value is -1.44. The molecule has 3 heterocycles. The normalized spacial score (nSPS) is 23.6. The standard InChI is InChI=1S/C18H31NO4.C11H21NO/c1-17(2,3)23-16(20)19-11-9-15(14-19)8-6-5-7-10-18(4)21-12-13-22-18;1-10(13)5-3-2-4-6-11-7-8-12-9-11/h6,8,15H,5,7,9-14H2,1-4H3;11-12H,2-9H2,1H3/b8-6+;/t15-;11-/m11/s1. The van der Waals surface area contributed by atoms with Crippen LogP contribution in [0.5, 0.6) is 0 Å². The van der Waals surface area contributed by atoms with E-state index in [1.807, 2.05) is 32.6 Å². The summed E-state index contributed by atoms with van der Waals surface area (Å²) in [5.41, 5.74) is -0.425. The lowest BCUT2D eigenvalue weighted by molar-refractivity contribution is -0.147. The highest BCUT2D eigenvalue weighted by Gasteiger charge is 2.30. The van der Waals surface area contributed by atoms with Gasteiger partial charge < -0.3 is 29.2 Å². The van der Waals surface area contributed by atoms with Crippen molar-refractivity contribution in [2.24, 2.45) is 11.8 Å². The maximum atomic E-state index is 12.0. The lowest BCUT2D eigenvalue weighted by Crippen LogP contribution is -2.35. The molecule has 0 aliphatic carbocycles. The van der Waals surface area contributed by atoms with Crippen molar-refractivity contribution in [3.05, 3.63) is 12.2 Å². The number of rotatable bonds is 11. The van der Waals surface area contributed by atoms with Gasteiger partial charge in [0.15, 0.2) is 5.79 Å². The molecule has 7 nitrogen and oxygen atoms in total. The van der Waals surface area contributed by atoms with Crippen LogP contribution in [-0.2, 0) is 19.0 Å². The number of ketones is 1. The lowest BCUT2D eigenvalue weighted by atomic mass is 10.00. The van der Waals surface area contributed by atoms with Crippen LogP contribution >= 0.6 is 0 Å². The Balaban J connectivity index is 0.000000297. The molecule has 1 N–H and O–H groups in total. The van der Waals surface area contributed by atoms with Gasteiger partial charge in [-0.25, -0.2) is 4.79 Å². The van der Waals surface area contributed by atoms with Crippen LogP contribution < -0.4 is 5.32 Å². The molecule has 0 bridgehead atoms. The Bertz CT molecular complexity index is 676. The van der Waals surface area contributed by atoms with Crippen LogP contribution in [0.15, 0.2) is 12.2 Å². The van der Waals surface area contributed by atoms with Gasteiger partial charge in [-0.3, -0.25) is 0 Å². The van der Waals surface area contributed by atoms with Crippen LogP contribution in [0.3, 0.4) is 0 Å². The third-order valence-corrected chi connectivity index (χ3v) is 6.99. The summed E-state index contributed by atoms with van der Waals surface area (Å²) in [4.78, 5) is 24.5. The molecule has 3 saturated heterocycles. The Morgan fingerprint density at radius 1 is 1.11 bits per heavy atom. The number of amides is 1. The highest BCUT2D eigenvalue weighted by Crippen LogP contribution is 2.25. The quantitative estimate of drug-likeness (QED) is 0.278. The number of nitrogens with one attached hydrogen (secondary N) is 1. The first kappa shape index (κ1) is 30.8. The van der Waals surface area contributed by atoms with Crippen molar-refractivity contribution in [2.75, 3.05) is 39.4 Å². The molecule has 2 atom stereocenters. The number of allylic oxidation sites excluding steroid dienone is 1. The molecule has 208 valence electrons. The summed E-state index contributed by atoms with van der Waals surface area (Å²) >= 11 is 0. The molecule has 0 aromatic heterocycles. The van der Waals surface area contributed by atoms with Gasteiger partial charge in [0.1, 0.15) is 11.4 Å². The second-order valence-corrected chi connectivity index (χ2v) is 11.8. The number of carbonyl (C=O) groups is 2. The highest BCUT2D eigenvalue weighted by atomic mass is 16.7. The number of likely N-dealkylation sites (tertiary alicyclic amines) is 1. The van der Waals surface area contributed by atoms with Crippen LogP contribution in [0.25, 0.3) is 0 Å². The third-order valence-electron chi connectivity index (χ3n) is 6.99. The molecular formula is C29H52N2O5. The molecule has 36 heavy (non-hydrogen) atoms. The fourth-order valence-electron chi connectivity index (χ4n) is 4.91. The van der Waals surface area contributed by atoms with E-state index in [4.69, 9.17) is 14.2 Å². The molecule has 0 aromatic carbocycles. The number of hydrogen-bond acceptors (Lipinski definition) is 6. The number of unbranched alkanes of at least 4 members (excludes halogenated alkanes) is 3. The second kappa shape index (κ2) is 15.7. The fraction of sp³-hybridized carbons (Fsp3) is 0.862. The summed E-state index contributed by atoms with van der Waals surface area (Å²) < 4.78 is 16.6. The number of Topliss-reactive ketones (excluding diaryl/α,β-unsaturated/α-hetero) is 1. The summed E-state index contributed by atoms with van der Waals surface area (Å²) in [6.45, 7) is 14.8. The Morgan fingerprint density at radius 3 is 2.50 bits per heavy atom. The molecule has 3 aliphatic rings. The van der Waals surface area contributed by atoms with Crippen LogP contribution in [-0.4, -0.2) is 67.6 Å². The molecule has 1 amide bonds. The predicted octanol–water partition coefficient (Wildman–Crippen LogP) is 5.87. The molecule has 3 fully saturated rings. The molecule has 0 radical (unpaired) electrons. The first-order valence-electron chi connectivity index (χ1n) is 14.2. The topological polar surface area (TPSA) is 77.1 Å². The summed E-state index contributed by atoms with van der Waals surface area (Å²) in [5.74, 6) is 1.31. The zero-order valence-electron chi connectivity index (χ0n) is 23.6. The van der Waals surface area contributed by atoms with Gasteiger partial charge in [0.25, 0.3) is 0 Å². The van der Waals surface area contributed by atoms with E-state index in [1.54, 1.807) is 6.92 Å². The molecular weight excluding hydrogens is 456 g/mol. The van der Waals surface area contributed by atoms with Crippen molar-refractivity contribution < 1.29 is 23.8 Å². The molecule has 3 aliphatic heterocycles. The maximum Gasteiger partial charge on any atom is 0.410 e. The summed E-state index contributed by atoms with van der Waals surface area (Å²) in [6, 6.07) is 0. The van der Waals surface area contributed by atoms with E-state index < -0.39 is 5.60 Å². The number of carbonyl (C=O) groups excluding carboxylic acids is 2. The van der Waals surface area contributed by atoms with Crippen molar-refractivity contribution >= 4 is 11.9 Å². The van der Waals surface area contributed by atoms with E-state index in [2.05, 4.69) is 17.5 Å². The molecule has 0 saturated carbocycles. The van der Waals surface area contributed by atoms with E-state index in [1.165, 1.54) is 38.8 Å². The van der Waals surface area contributed by atoms with E-state index >= 15 is 0 Å². The summed E-state index contributed by atoms with van der Waals surface area (Å²) in [7, 11) is 0. The Labute approximate surface area is 219 Å². The fourth-order valence-corrected chi connectivity index (χ4v) is 4.91. The summed E-state index contributed by atoms with van der Waals surface area (Å²) in [5, 5.41) is 3.38. The van der Waals surface area contributed by atoms with Gasteiger partial charge >= 0.3 is 6.09 Å². The van der Waals surface area contributed by atoms with Crippen molar-refractivity contribution in [3.63, 3.8) is 0 Å².